The highest BCUT2D eigenvalue weighted by molar-refractivity contribution is 5.79. The van der Waals surface area contributed by atoms with Crippen LogP contribution in [-0.4, -0.2) is 41.9 Å². The number of carbonyl (C=O) groups excluding carboxylic acids is 1. The highest BCUT2D eigenvalue weighted by Crippen LogP contribution is 2.33. The van der Waals surface area contributed by atoms with Gasteiger partial charge in [-0.3, -0.25) is 9.69 Å². The fourth-order valence-corrected chi connectivity index (χ4v) is 5.14. The lowest BCUT2D eigenvalue weighted by molar-refractivity contribution is -0.140. The Morgan fingerprint density at radius 3 is 2.31 bits per heavy atom. The second-order valence-corrected chi connectivity index (χ2v) is 9.19. The molecule has 0 unspecified atom stereocenters. The predicted octanol–water partition coefficient (Wildman–Crippen LogP) is 5.40. The highest BCUT2D eigenvalue weighted by atomic mass is 19.4. The quantitative estimate of drug-likeness (QED) is 0.617. The second-order valence-electron chi connectivity index (χ2n) is 9.19. The van der Waals surface area contributed by atoms with Crippen LogP contribution in [0.15, 0.2) is 54.6 Å². The number of alkyl halides is 3. The number of amides is 1. The molecule has 0 bridgehead atoms. The number of likely N-dealkylation sites (tertiary alicyclic amines) is 2. The van der Waals surface area contributed by atoms with Gasteiger partial charge < -0.3 is 4.90 Å². The standard InChI is InChI=1S/C26H31F3N2O/c27-26(28,29)24-11-5-4-9-22(24)18-30-14-6-10-23(19-30)25(32)31-15-12-21(13-16-31)17-20-7-2-1-3-8-20/h1-5,7-9,11,21,23H,6,10,12-19H2/t23-/m1/s1. The van der Waals surface area contributed by atoms with Crippen molar-refractivity contribution in [2.45, 2.75) is 44.8 Å². The summed E-state index contributed by atoms with van der Waals surface area (Å²) < 4.78 is 40.0. The van der Waals surface area contributed by atoms with Crippen LogP contribution in [0.1, 0.15) is 42.4 Å². The van der Waals surface area contributed by atoms with Gasteiger partial charge in [-0.25, -0.2) is 0 Å². The minimum absolute atomic E-state index is 0.118. The van der Waals surface area contributed by atoms with Gasteiger partial charge in [-0.1, -0.05) is 48.5 Å². The molecule has 2 aliphatic rings. The fraction of sp³-hybridized carbons (Fsp3) is 0.500. The lowest BCUT2D eigenvalue weighted by Crippen LogP contribution is -2.47. The molecular weight excluding hydrogens is 413 g/mol. The van der Waals surface area contributed by atoms with Crippen molar-refractivity contribution in [1.82, 2.24) is 9.80 Å². The molecule has 0 N–H and O–H groups in total. The summed E-state index contributed by atoms with van der Waals surface area (Å²) in [6, 6.07) is 16.2. The summed E-state index contributed by atoms with van der Waals surface area (Å²) in [6.07, 6.45) is 0.381. The average molecular weight is 445 g/mol. The van der Waals surface area contributed by atoms with Crippen LogP contribution in [0, 0.1) is 11.8 Å². The van der Waals surface area contributed by atoms with Crippen molar-refractivity contribution in [3.8, 4) is 0 Å². The average Bonchev–Trinajstić information content (AvgIpc) is 2.80. The maximum atomic E-state index is 13.3. The third-order valence-electron chi connectivity index (χ3n) is 6.86. The largest absolute Gasteiger partial charge is 0.416 e. The molecule has 2 heterocycles. The van der Waals surface area contributed by atoms with Crippen molar-refractivity contribution < 1.29 is 18.0 Å². The van der Waals surface area contributed by atoms with Crippen LogP contribution in [0.4, 0.5) is 13.2 Å². The Balaban J connectivity index is 1.31. The minimum atomic E-state index is -4.36. The van der Waals surface area contributed by atoms with Crippen molar-refractivity contribution in [2.24, 2.45) is 11.8 Å². The maximum absolute atomic E-state index is 13.3. The summed E-state index contributed by atoms with van der Waals surface area (Å²) in [5, 5.41) is 0. The molecular formula is C26H31F3N2O. The number of hydrogen-bond acceptors (Lipinski definition) is 2. The van der Waals surface area contributed by atoms with Crippen molar-refractivity contribution >= 4 is 5.91 Å². The van der Waals surface area contributed by atoms with Gasteiger partial charge in [-0.15, -0.1) is 0 Å². The van der Waals surface area contributed by atoms with Crippen LogP contribution in [0.2, 0.25) is 0 Å². The number of benzene rings is 2. The molecule has 0 spiro atoms. The Bertz CT molecular complexity index is 891. The van der Waals surface area contributed by atoms with Crippen molar-refractivity contribution in [2.75, 3.05) is 26.2 Å². The predicted molar refractivity (Wildman–Crippen MR) is 119 cm³/mol. The Labute approximate surface area is 188 Å². The molecule has 32 heavy (non-hydrogen) atoms. The van der Waals surface area contributed by atoms with Crippen LogP contribution in [0.25, 0.3) is 0 Å². The van der Waals surface area contributed by atoms with E-state index in [2.05, 4.69) is 24.3 Å². The number of piperidine rings is 2. The topological polar surface area (TPSA) is 23.6 Å². The Kier molecular flexibility index (Phi) is 7.19. The zero-order valence-corrected chi connectivity index (χ0v) is 18.4. The molecule has 1 atom stereocenters. The number of rotatable bonds is 5. The van der Waals surface area contributed by atoms with Crippen molar-refractivity contribution in [3.05, 3.63) is 71.3 Å². The van der Waals surface area contributed by atoms with Gasteiger partial charge >= 0.3 is 6.18 Å². The molecule has 6 heteroatoms. The zero-order chi connectivity index (χ0) is 22.6. The first-order chi connectivity index (χ1) is 15.4. The van der Waals surface area contributed by atoms with Gasteiger partial charge in [-0.05, 0) is 61.8 Å². The molecule has 2 aliphatic heterocycles. The third-order valence-corrected chi connectivity index (χ3v) is 6.86. The number of hydrogen-bond donors (Lipinski definition) is 0. The molecule has 0 aromatic heterocycles. The number of carbonyl (C=O) groups is 1. The summed E-state index contributed by atoms with van der Waals surface area (Å²) in [6.45, 7) is 3.07. The van der Waals surface area contributed by atoms with E-state index >= 15 is 0 Å². The van der Waals surface area contributed by atoms with Crippen LogP contribution in [0.5, 0.6) is 0 Å². The number of nitrogens with zero attached hydrogens (tertiary/aromatic N) is 2. The van der Waals surface area contributed by atoms with Gasteiger partial charge in [0.15, 0.2) is 0 Å². The van der Waals surface area contributed by atoms with E-state index in [1.807, 2.05) is 15.9 Å². The summed E-state index contributed by atoms with van der Waals surface area (Å²) in [5.41, 5.74) is 1.06. The first-order valence-corrected chi connectivity index (χ1v) is 11.6. The van der Waals surface area contributed by atoms with Gasteiger partial charge in [0.25, 0.3) is 0 Å². The molecule has 2 aromatic carbocycles. The van der Waals surface area contributed by atoms with E-state index in [4.69, 9.17) is 0 Å². The van der Waals surface area contributed by atoms with Crippen molar-refractivity contribution in [3.63, 3.8) is 0 Å². The van der Waals surface area contributed by atoms with Gasteiger partial charge in [0.05, 0.1) is 11.5 Å². The minimum Gasteiger partial charge on any atom is -0.342 e. The van der Waals surface area contributed by atoms with Crippen LogP contribution < -0.4 is 0 Å². The Morgan fingerprint density at radius 1 is 0.906 bits per heavy atom. The van der Waals surface area contributed by atoms with Gasteiger partial charge in [0, 0.05) is 26.2 Å². The Hall–Kier alpha value is -2.34. The lowest BCUT2D eigenvalue weighted by Gasteiger charge is -2.38. The maximum Gasteiger partial charge on any atom is 0.416 e. The summed E-state index contributed by atoms with van der Waals surface area (Å²) in [7, 11) is 0. The van der Waals surface area contributed by atoms with Gasteiger partial charge in [0.2, 0.25) is 5.91 Å². The van der Waals surface area contributed by atoms with Crippen molar-refractivity contribution in [1.29, 1.82) is 0 Å². The first kappa shape index (κ1) is 22.8. The molecule has 2 saturated heterocycles. The van der Waals surface area contributed by atoms with E-state index in [1.54, 1.807) is 12.1 Å². The molecule has 1 amide bonds. The molecule has 0 aliphatic carbocycles. The third kappa shape index (κ3) is 5.71. The second kappa shape index (κ2) is 10.1. The molecule has 3 nitrogen and oxygen atoms in total. The van der Waals surface area contributed by atoms with E-state index in [9.17, 15) is 18.0 Å². The summed E-state index contributed by atoms with van der Waals surface area (Å²) in [5.74, 6) is 0.660. The molecule has 4 rings (SSSR count). The first-order valence-electron chi connectivity index (χ1n) is 11.6. The lowest BCUT2D eigenvalue weighted by atomic mass is 9.89. The SMILES string of the molecule is O=C([C@@H]1CCCN(Cc2ccccc2C(F)(F)F)C1)N1CCC(Cc2ccccc2)CC1. The van der Waals surface area contributed by atoms with E-state index in [0.717, 1.165) is 57.8 Å². The summed E-state index contributed by atoms with van der Waals surface area (Å²) in [4.78, 5) is 17.2. The van der Waals surface area contributed by atoms with Gasteiger partial charge in [0.1, 0.15) is 0 Å². The fourth-order valence-electron chi connectivity index (χ4n) is 5.14. The molecule has 172 valence electrons. The zero-order valence-electron chi connectivity index (χ0n) is 18.4. The van der Waals surface area contributed by atoms with Crippen LogP contribution in [0.3, 0.4) is 0 Å². The molecule has 0 radical (unpaired) electrons. The summed E-state index contributed by atoms with van der Waals surface area (Å²) >= 11 is 0. The van der Waals surface area contributed by atoms with E-state index in [0.29, 0.717) is 12.5 Å². The molecule has 2 aromatic rings. The smallest absolute Gasteiger partial charge is 0.342 e. The molecule has 2 fully saturated rings. The van der Waals surface area contributed by atoms with Crippen LogP contribution >= 0.6 is 0 Å². The molecule has 0 saturated carbocycles. The monoisotopic (exact) mass is 444 g/mol. The highest BCUT2D eigenvalue weighted by Gasteiger charge is 2.35. The van der Waals surface area contributed by atoms with E-state index in [1.165, 1.54) is 11.6 Å². The normalized spacial score (nSPS) is 21.0. The van der Waals surface area contributed by atoms with Gasteiger partial charge in [-0.2, -0.15) is 13.2 Å². The van der Waals surface area contributed by atoms with E-state index in [-0.39, 0.29) is 23.9 Å². The van der Waals surface area contributed by atoms with Crippen LogP contribution in [-0.2, 0) is 23.9 Å². The van der Waals surface area contributed by atoms with E-state index < -0.39 is 11.7 Å². The Morgan fingerprint density at radius 2 is 1.59 bits per heavy atom. The number of halogens is 3.